The maximum absolute atomic E-state index is 5.73. The summed E-state index contributed by atoms with van der Waals surface area (Å²) in [6.45, 7) is 4.02. The maximum Gasteiger partial charge on any atom is 0.0695 e. The van der Waals surface area contributed by atoms with Crippen LogP contribution in [-0.2, 0) is 0 Å². The minimum Gasteiger partial charge on any atom is -0.399 e. The van der Waals surface area contributed by atoms with Crippen LogP contribution >= 0.6 is 0 Å². The first-order valence-electron chi connectivity index (χ1n) is 4.55. The standard InChI is InChI=1S/C11H13N3/c1-8-3-4-10(12)7-11(8)14-6-5-9(2)13-14/h3-7H,12H2,1-2H3. The molecule has 0 amide bonds. The zero-order valence-corrected chi connectivity index (χ0v) is 8.36. The van der Waals surface area contributed by atoms with E-state index in [0.29, 0.717) is 0 Å². The average Bonchev–Trinajstić information content (AvgIpc) is 2.56. The van der Waals surface area contributed by atoms with E-state index in [1.165, 1.54) is 5.56 Å². The van der Waals surface area contributed by atoms with Gasteiger partial charge < -0.3 is 5.73 Å². The van der Waals surface area contributed by atoms with Gasteiger partial charge in [-0.2, -0.15) is 5.10 Å². The zero-order valence-electron chi connectivity index (χ0n) is 8.36. The van der Waals surface area contributed by atoms with Crippen molar-refractivity contribution < 1.29 is 0 Å². The summed E-state index contributed by atoms with van der Waals surface area (Å²) in [4.78, 5) is 0. The topological polar surface area (TPSA) is 43.8 Å². The third-order valence-electron chi connectivity index (χ3n) is 2.20. The van der Waals surface area contributed by atoms with Gasteiger partial charge in [-0.15, -0.1) is 0 Å². The molecule has 2 aromatic rings. The van der Waals surface area contributed by atoms with Gasteiger partial charge in [-0.1, -0.05) is 6.07 Å². The number of benzene rings is 1. The van der Waals surface area contributed by atoms with Crippen molar-refractivity contribution >= 4 is 5.69 Å². The highest BCUT2D eigenvalue weighted by Crippen LogP contribution is 2.16. The monoisotopic (exact) mass is 187 g/mol. The van der Waals surface area contributed by atoms with Gasteiger partial charge in [-0.25, -0.2) is 4.68 Å². The van der Waals surface area contributed by atoms with Crippen LogP contribution in [0.5, 0.6) is 0 Å². The summed E-state index contributed by atoms with van der Waals surface area (Å²) in [5.41, 5.74) is 9.71. The summed E-state index contributed by atoms with van der Waals surface area (Å²) in [5.74, 6) is 0. The molecule has 3 heteroatoms. The van der Waals surface area contributed by atoms with Crippen molar-refractivity contribution in [3.63, 3.8) is 0 Å². The highest BCUT2D eigenvalue weighted by Gasteiger charge is 2.02. The molecule has 0 aliphatic rings. The van der Waals surface area contributed by atoms with E-state index in [0.717, 1.165) is 17.1 Å². The van der Waals surface area contributed by atoms with E-state index in [9.17, 15) is 0 Å². The highest BCUT2D eigenvalue weighted by atomic mass is 15.3. The van der Waals surface area contributed by atoms with Gasteiger partial charge in [0.1, 0.15) is 0 Å². The molecule has 1 aromatic carbocycles. The van der Waals surface area contributed by atoms with Crippen molar-refractivity contribution in [2.24, 2.45) is 0 Å². The molecule has 0 fully saturated rings. The average molecular weight is 187 g/mol. The van der Waals surface area contributed by atoms with Gasteiger partial charge in [0.25, 0.3) is 0 Å². The van der Waals surface area contributed by atoms with E-state index in [4.69, 9.17) is 5.73 Å². The fourth-order valence-electron chi connectivity index (χ4n) is 1.42. The Hall–Kier alpha value is -1.77. The number of nitrogen functional groups attached to an aromatic ring is 1. The lowest BCUT2D eigenvalue weighted by Crippen LogP contribution is -1.99. The summed E-state index contributed by atoms with van der Waals surface area (Å²) < 4.78 is 1.85. The molecule has 0 saturated carbocycles. The summed E-state index contributed by atoms with van der Waals surface area (Å²) in [6, 6.07) is 7.81. The number of anilines is 1. The van der Waals surface area contributed by atoms with Crippen molar-refractivity contribution in [3.05, 3.63) is 41.7 Å². The predicted octanol–water partition coefficient (Wildman–Crippen LogP) is 2.07. The van der Waals surface area contributed by atoms with E-state index in [1.54, 1.807) is 0 Å². The Kier molecular flexibility index (Phi) is 2.00. The Balaban J connectivity index is 2.55. The molecule has 0 saturated heterocycles. The number of hydrogen-bond acceptors (Lipinski definition) is 2. The Morgan fingerprint density at radius 2 is 2.00 bits per heavy atom. The molecule has 3 nitrogen and oxygen atoms in total. The van der Waals surface area contributed by atoms with Crippen molar-refractivity contribution in [1.29, 1.82) is 0 Å². The SMILES string of the molecule is Cc1ccn(-c2cc(N)ccc2C)n1. The van der Waals surface area contributed by atoms with Crippen LogP contribution in [-0.4, -0.2) is 9.78 Å². The number of aryl methyl sites for hydroxylation is 2. The molecule has 1 heterocycles. The normalized spacial score (nSPS) is 10.4. The van der Waals surface area contributed by atoms with Crippen molar-refractivity contribution in [2.75, 3.05) is 5.73 Å². The van der Waals surface area contributed by atoms with E-state index < -0.39 is 0 Å². The van der Waals surface area contributed by atoms with Gasteiger partial charge >= 0.3 is 0 Å². The molecule has 0 aliphatic heterocycles. The zero-order chi connectivity index (χ0) is 10.1. The van der Waals surface area contributed by atoms with Crippen LogP contribution in [0.1, 0.15) is 11.3 Å². The van der Waals surface area contributed by atoms with Crippen LogP contribution in [0.4, 0.5) is 5.69 Å². The second-order valence-corrected chi connectivity index (χ2v) is 3.45. The highest BCUT2D eigenvalue weighted by molar-refractivity contribution is 5.51. The van der Waals surface area contributed by atoms with Crippen LogP contribution in [0.3, 0.4) is 0 Å². The van der Waals surface area contributed by atoms with Gasteiger partial charge in [-0.3, -0.25) is 0 Å². The Morgan fingerprint density at radius 3 is 2.64 bits per heavy atom. The Labute approximate surface area is 83.2 Å². The smallest absolute Gasteiger partial charge is 0.0695 e. The fourth-order valence-corrected chi connectivity index (χ4v) is 1.42. The van der Waals surface area contributed by atoms with Crippen molar-refractivity contribution in [2.45, 2.75) is 13.8 Å². The molecule has 0 unspecified atom stereocenters. The fraction of sp³-hybridized carbons (Fsp3) is 0.182. The lowest BCUT2D eigenvalue weighted by molar-refractivity contribution is 0.856. The van der Waals surface area contributed by atoms with Gasteiger partial charge in [-0.05, 0) is 37.6 Å². The molecule has 0 spiro atoms. The summed E-state index contributed by atoms with van der Waals surface area (Å²) in [7, 11) is 0. The molecule has 0 atom stereocenters. The molecule has 0 aliphatic carbocycles. The quantitative estimate of drug-likeness (QED) is 0.694. The third kappa shape index (κ3) is 1.48. The van der Waals surface area contributed by atoms with Gasteiger partial charge in [0, 0.05) is 11.9 Å². The lowest BCUT2D eigenvalue weighted by Gasteiger charge is -2.06. The van der Waals surface area contributed by atoms with Crippen LogP contribution in [0.2, 0.25) is 0 Å². The van der Waals surface area contributed by atoms with Gasteiger partial charge in [0.2, 0.25) is 0 Å². The lowest BCUT2D eigenvalue weighted by atomic mass is 10.2. The third-order valence-corrected chi connectivity index (χ3v) is 2.20. The van der Waals surface area contributed by atoms with E-state index in [2.05, 4.69) is 5.10 Å². The van der Waals surface area contributed by atoms with Crippen LogP contribution in [0.15, 0.2) is 30.5 Å². The Bertz CT molecular complexity index is 457. The number of rotatable bonds is 1. The Morgan fingerprint density at radius 1 is 1.21 bits per heavy atom. The van der Waals surface area contributed by atoms with Gasteiger partial charge in [0.05, 0.1) is 11.4 Å². The predicted molar refractivity (Wildman–Crippen MR) is 57.5 cm³/mol. The molecule has 2 N–H and O–H groups in total. The number of hydrogen-bond donors (Lipinski definition) is 1. The molecular weight excluding hydrogens is 174 g/mol. The van der Waals surface area contributed by atoms with Crippen molar-refractivity contribution in [1.82, 2.24) is 9.78 Å². The second-order valence-electron chi connectivity index (χ2n) is 3.45. The second kappa shape index (κ2) is 3.18. The first-order chi connectivity index (χ1) is 6.66. The molecule has 72 valence electrons. The molecule has 14 heavy (non-hydrogen) atoms. The molecule has 0 bridgehead atoms. The molecule has 0 radical (unpaired) electrons. The van der Waals surface area contributed by atoms with Crippen LogP contribution in [0.25, 0.3) is 5.69 Å². The minimum atomic E-state index is 0.763. The molecular formula is C11H13N3. The first-order valence-corrected chi connectivity index (χ1v) is 4.55. The maximum atomic E-state index is 5.73. The van der Waals surface area contributed by atoms with E-state index in [1.807, 2.05) is 49.0 Å². The van der Waals surface area contributed by atoms with E-state index in [-0.39, 0.29) is 0 Å². The number of nitrogens with two attached hydrogens (primary N) is 1. The first kappa shape index (κ1) is 8.81. The number of aromatic nitrogens is 2. The number of nitrogens with zero attached hydrogens (tertiary/aromatic N) is 2. The van der Waals surface area contributed by atoms with E-state index >= 15 is 0 Å². The summed E-state index contributed by atoms with van der Waals surface area (Å²) >= 11 is 0. The molecule has 1 aromatic heterocycles. The minimum absolute atomic E-state index is 0.763. The van der Waals surface area contributed by atoms with Gasteiger partial charge in [0.15, 0.2) is 0 Å². The van der Waals surface area contributed by atoms with Crippen LogP contribution < -0.4 is 5.73 Å². The van der Waals surface area contributed by atoms with Crippen molar-refractivity contribution in [3.8, 4) is 5.69 Å². The summed E-state index contributed by atoms with van der Waals surface area (Å²) in [5, 5.41) is 4.34. The molecule has 2 rings (SSSR count). The summed E-state index contributed by atoms with van der Waals surface area (Å²) in [6.07, 6.45) is 1.94. The largest absolute Gasteiger partial charge is 0.399 e. The van der Waals surface area contributed by atoms with Crippen LogP contribution in [0, 0.1) is 13.8 Å².